The van der Waals surface area contributed by atoms with Gasteiger partial charge in [-0.15, -0.1) is 0 Å². The van der Waals surface area contributed by atoms with E-state index >= 15 is 0 Å². The minimum Gasteiger partial charge on any atom is -0.296 e. The van der Waals surface area contributed by atoms with Gasteiger partial charge in [-0.1, -0.05) is 58.5 Å². The lowest BCUT2D eigenvalue weighted by atomic mass is 10.2. The highest BCUT2D eigenvalue weighted by Crippen LogP contribution is 2.33. The van der Waals surface area contributed by atoms with Gasteiger partial charge in [-0.3, -0.25) is 4.90 Å². The van der Waals surface area contributed by atoms with E-state index in [2.05, 4.69) is 4.90 Å². The Hall–Kier alpha value is -0.530. The zero-order valence-electron chi connectivity index (χ0n) is 13.6. The fraction of sp³-hybridized carbons (Fsp3) is 0.294. The van der Waals surface area contributed by atoms with E-state index in [1.807, 2.05) is 24.3 Å². The predicted octanol–water partition coefficient (Wildman–Crippen LogP) is 4.81. The summed E-state index contributed by atoms with van der Waals surface area (Å²) in [4.78, 5) is 2.17. The van der Waals surface area contributed by atoms with Crippen molar-refractivity contribution in [3.05, 3.63) is 62.1 Å². The molecule has 1 aliphatic rings. The highest BCUT2D eigenvalue weighted by Gasteiger charge is 2.30. The normalized spacial score (nSPS) is 16.8. The lowest BCUT2D eigenvalue weighted by molar-refractivity contribution is 0.181. The summed E-state index contributed by atoms with van der Waals surface area (Å²) in [5.41, 5.74) is 1.10. The highest BCUT2D eigenvalue weighted by atomic mass is 35.5. The van der Waals surface area contributed by atoms with Crippen LogP contribution in [0.15, 0.2) is 41.3 Å². The maximum absolute atomic E-state index is 12.9. The summed E-state index contributed by atoms with van der Waals surface area (Å²) in [5, 5.41) is 1.15. The lowest BCUT2D eigenvalue weighted by Crippen LogP contribution is -2.48. The molecule has 3 rings (SSSR count). The molecule has 1 fully saturated rings. The summed E-state index contributed by atoms with van der Waals surface area (Å²) in [6.45, 7) is 2.70. The van der Waals surface area contributed by atoms with E-state index in [4.69, 9.17) is 46.4 Å². The molecular formula is C17H16Cl4N2O2S. The molecule has 2 aromatic rings. The van der Waals surface area contributed by atoms with Crippen LogP contribution in [0.4, 0.5) is 0 Å². The fourth-order valence-corrected chi connectivity index (χ4v) is 5.47. The second-order valence-corrected chi connectivity index (χ2v) is 9.57. The van der Waals surface area contributed by atoms with Crippen LogP contribution in [0.1, 0.15) is 5.56 Å². The minimum atomic E-state index is -3.72. The summed E-state index contributed by atoms with van der Waals surface area (Å²) in [7, 11) is -3.72. The van der Waals surface area contributed by atoms with E-state index in [0.717, 1.165) is 12.1 Å². The lowest BCUT2D eigenvalue weighted by Gasteiger charge is -2.34. The standard InChI is InChI=1S/C17H16Cl4N2O2S/c18-13-3-1-2-12(8-13)11-22-4-6-23(7-5-22)26(24,25)17-10-15(20)14(19)9-16(17)21/h1-3,8-10H,4-7,11H2. The predicted molar refractivity (Wildman–Crippen MR) is 107 cm³/mol. The zero-order chi connectivity index (χ0) is 18.9. The van der Waals surface area contributed by atoms with Crippen molar-refractivity contribution < 1.29 is 8.42 Å². The number of sulfonamides is 1. The maximum atomic E-state index is 12.9. The molecule has 0 atom stereocenters. The second-order valence-electron chi connectivity index (χ2n) is 6.01. The van der Waals surface area contributed by atoms with Crippen molar-refractivity contribution in [2.24, 2.45) is 0 Å². The van der Waals surface area contributed by atoms with Crippen molar-refractivity contribution in [1.29, 1.82) is 0 Å². The molecule has 1 saturated heterocycles. The van der Waals surface area contributed by atoms with Crippen LogP contribution in [-0.4, -0.2) is 43.8 Å². The van der Waals surface area contributed by atoms with Crippen molar-refractivity contribution in [1.82, 2.24) is 9.21 Å². The van der Waals surface area contributed by atoms with Gasteiger partial charge < -0.3 is 0 Å². The van der Waals surface area contributed by atoms with Crippen molar-refractivity contribution in [3.63, 3.8) is 0 Å². The SMILES string of the molecule is O=S(=O)(c1cc(Cl)c(Cl)cc1Cl)N1CCN(Cc2cccc(Cl)c2)CC1. The van der Waals surface area contributed by atoms with Crippen LogP contribution in [0, 0.1) is 0 Å². The maximum Gasteiger partial charge on any atom is 0.244 e. The van der Waals surface area contributed by atoms with Crippen LogP contribution >= 0.6 is 46.4 Å². The number of hydrogen-bond donors (Lipinski definition) is 0. The van der Waals surface area contributed by atoms with Gasteiger partial charge in [0.25, 0.3) is 0 Å². The molecule has 0 aliphatic carbocycles. The molecule has 0 saturated carbocycles. The smallest absolute Gasteiger partial charge is 0.244 e. The number of halogens is 4. The van der Waals surface area contributed by atoms with Gasteiger partial charge in [0, 0.05) is 37.7 Å². The average Bonchev–Trinajstić information content (AvgIpc) is 2.58. The molecule has 0 amide bonds. The Kier molecular flexibility index (Phi) is 6.40. The minimum absolute atomic E-state index is 0.0168. The Bertz CT molecular complexity index is 913. The molecule has 0 radical (unpaired) electrons. The van der Waals surface area contributed by atoms with Gasteiger partial charge in [0.1, 0.15) is 4.90 Å². The molecule has 1 aliphatic heterocycles. The number of piperazine rings is 1. The first-order valence-corrected chi connectivity index (χ1v) is 10.8. The van der Waals surface area contributed by atoms with Crippen LogP contribution in [0.3, 0.4) is 0 Å². The molecule has 4 nitrogen and oxygen atoms in total. The van der Waals surface area contributed by atoms with E-state index in [9.17, 15) is 8.42 Å². The number of rotatable bonds is 4. The van der Waals surface area contributed by atoms with Gasteiger partial charge in [0.2, 0.25) is 10.0 Å². The quantitative estimate of drug-likeness (QED) is 0.623. The third-order valence-corrected chi connectivity index (χ3v) is 7.54. The molecule has 9 heteroatoms. The Morgan fingerprint density at radius 1 is 0.846 bits per heavy atom. The zero-order valence-corrected chi connectivity index (χ0v) is 17.5. The molecule has 2 aromatic carbocycles. The van der Waals surface area contributed by atoms with E-state index in [0.29, 0.717) is 31.2 Å². The molecule has 140 valence electrons. The molecule has 0 N–H and O–H groups in total. The van der Waals surface area contributed by atoms with Crippen LogP contribution < -0.4 is 0 Å². The van der Waals surface area contributed by atoms with E-state index in [-0.39, 0.29) is 20.0 Å². The van der Waals surface area contributed by atoms with Crippen LogP contribution in [-0.2, 0) is 16.6 Å². The third-order valence-electron chi connectivity index (χ3n) is 4.22. The number of hydrogen-bond acceptors (Lipinski definition) is 3. The molecule has 0 spiro atoms. The molecule has 0 aromatic heterocycles. The average molecular weight is 454 g/mol. The first kappa shape index (κ1) is 20.2. The van der Waals surface area contributed by atoms with E-state index < -0.39 is 10.0 Å². The molecule has 0 bridgehead atoms. The van der Waals surface area contributed by atoms with Gasteiger partial charge in [-0.05, 0) is 29.8 Å². The van der Waals surface area contributed by atoms with Gasteiger partial charge in [-0.25, -0.2) is 8.42 Å². The Labute approximate surface area is 173 Å². The topological polar surface area (TPSA) is 40.6 Å². The summed E-state index contributed by atoms with van der Waals surface area (Å²) in [6, 6.07) is 10.3. The Balaban J connectivity index is 1.70. The van der Waals surface area contributed by atoms with Crippen molar-refractivity contribution in [3.8, 4) is 0 Å². The van der Waals surface area contributed by atoms with Crippen LogP contribution in [0.25, 0.3) is 0 Å². The van der Waals surface area contributed by atoms with Gasteiger partial charge in [-0.2, -0.15) is 4.31 Å². The van der Waals surface area contributed by atoms with E-state index in [1.165, 1.54) is 16.4 Å². The largest absolute Gasteiger partial charge is 0.296 e. The fourth-order valence-electron chi connectivity index (χ4n) is 2.86. The second kappa shape index (κ2) is 8.23. The molecular weight excluding hydrogens is 438 g/mol. The summed E-state index contributed by atoms with van der Waals surface area (Å²) in [6.07, 6.45) is 0. The highest BCUT2D eigenvalue weighted by molar-refractivity contribution is 7.89. The van der Waals surface area contributed by atoms with E-state index in [1.54, 1.807) is 0 Å². The first-order valence-electron chi connectivity index (χ1n) is 7.89. The number of benzene rings is 2. The van der Waals surface area contributed by atoms with Gasteiger partial charge in [0.05, 0.1) is 15.1 Å². The van der Waals surface area contributed by atoms with Crippen LogP contribution in [0.2, 0.25) is 20.1 Å². The Morgan fingerprint density at radius 2 is 1.50 bits per heavy atom. The van der Waals surface area contributed by atoms with Crippen molar-refractivity contribution in [2.75, 3.05) is 26.2 Å². The summed E-state index contributed by atoms with van der Waals surface area (Å²) < 4.78 is 27.2. The monoisotopic (exact) mass is 452 g/mol. The van der Waals surface area contributed by atoms with Crippen molar-refractivity contribution >= 4 is 56.4 Å². The number of nitrogens with zero attached hydrogens (tertiary/aromatic N) is 2. The van der Waals surface area contributed by atoms with Crippen molar-refractivity contribution in [2.45, 2.75) is 11.4 Å². The third kappa shape index (κ3) is 4.47. The molecule has 0 unspecified atom stereocenters. The van der Waals surface area contributed by atoms with Gasteiger partial charge >= 0.3 is 0 Å². The molecule has 1 heterocycles. The first-order chi connectivity index (χ1) is 12.3. The Morgan fingerprint density at radius 3 is 2.15 bits per heavy atom. The molecule has 26 heavy (non-hydrogen) atoms. The van der Waals surface area contributed by atoms with Gasteiger partial charge in [0.15, 0.2) is 0 Å². The summed E-state index contributed by atoms with van der Waals surface area (Å²) in [5.74, 6) is 0. The summed E-state index contributed by atoms with van der Waals surface area (Å²) >= 11 is 24.0. The van der Waals surface area contributed by atoms with Crippen LogP contribution in [0.5, 0.6) is 0 Å².